The van der Waals surface area contributed by atoms with Gasteiger partial charge in [-0.1, -0.05) is 0 Å². The van der Waals surface area contributed by atoms with E-state index in [1.54, 1.807) is 0 Å². The molecule has 0 spiro atoms. The van der Waals surface area contributed by atoms with Crippen molar-refractivity contribution in [3.8, 4) is 0 Å². The van der Waals surface area contributed by atoms with Gasteiger partial charge >= 0.3 is 12.1 Å². The summed E-state index contributed by atoms with van der Waals surface area (Å²) in [5.74, 6) is -1.97. The molecule has 92 valence electrons. The molecule has 7 heteroatoms. The zero-order valence-electron chi connectivity index (χ0n) is 8.68. The fourth-order valence-electron chi connectivity index (χ4n) is 1.91. The summed E-state index contributed by atoms with van der Waals surface area (Å²) in [5.41, 5.74) is 5.19. The van der Waals surface area contributed by atoms with E-state index in [4.69, 9.17) is 11.1 Å². The molecule has 1 saturated heterocycles. The number of hydrogen-bond donors (Lipinski definition) is 2. The second-order valence-corrected chi connectivity index (χ2v) is 3.99. The Kier molecular flexibility index (Phi) is 3.77. The highest BCUT2D eigenvalue weighted by Gasteiger charge is 2.43. The van der Waals surface area contributed by atoms with Gasteiger partial charge in [0.05, 0.1) is 5.84 Å². The molecular weight excluding hydrogens is 223 g/mol. The Hall–Kier alpha value is -1.27. The van der Waals surface area contributed by atoms with Crippen molar-refractivity contribution >= 4 is 11.7 Å². The first-order valence-electron chi connectivity index (χ1n) is 4.99. The lowest BCUT2D eigenvalue weighted by Crippen LogP contribution is -2.46. The van der Waals surface area contributed by atoms with Crippen molar-refractivity contribution in [2.75, 3.05) is 13.1 Å². The average molecular weight is 237 g/mol. The SMILES string of the molecule is N=C(N)CC1CCCN(C(=O)C(F)(F)F)C1. The molecule has 1 unspecified atom stereocenters. The fraction of sp³-hybridized carbons (Fsp3) is 0.778. The van der Waals surface area contributed by atoms with Crippen LogP contribution in [0.25, 0.3) is 0 Å². The maximum atomic E-state index is 12.2. The number of likely N-dealkylation sites (tertiary alicyclic amines) is 1. The Morgan fingerprint density at radius 1 is 1.50 bits per heavy atom. The van der Waals surface area contributed by atoms with Crippen LogP contribution < -0.4 is 5.73 Å². The molecule has 0 bridgehead atoms. The molecule has 0 aromatic carbocycles. The van der Waals surface area contributed by atoms with Crippen LogP contribution in [-0.4, -0.2) is 35.9 Å². The van der Waals surface area contributed by atoms with E-state index in [9.17, 15) is 18.0 Å². The minimum atomic E-state index is -4.81. The summed E-state index contributed by atoms with van der Waals surface area (Å²) in [7, 11) is 0. The standard InChI is InChI=1S/C9H14F3N3O/c10-9(11,12)8(16)15-3-1-2-6(5-15)4-7(13)14/h6H,1-5H2,(H3,13,14). The molecule has 1 aliphatic rings. The number of carbonyl (C=O) groups is 1. The van der Waals surface area contributed by atoms with Crippen molar-refractivity contribution in [2.45, 2.75) is 25.4 Å². The van der Waals surface area contributed by atoms with Gasteiger partial charge in [-0.15, -0.1) is 0 Å². The zero-order chi connectivity index (χ0) is 12.3. The Morgan fingerprint density at radius 2 is 2.12 bits per heavy atom. The van der Waals surface area contributed by atoms with E-state index >= 15 is 0 Å². The number of nitrogens with zero attached hydrogens (tertiary/aromatic N) is 1. The van der Waals surface area contributed by atoms with Gasteiger partial charge in [-0.05, 0) is 18.8 Å². The van der Waals surface area contributed by atoms with Gasteiger partial charge < -0.3 is 10.6 Å². The Labute approximate surface area is 91.1 Å². The van der Waals surface area contributed by atoms with Crippen molar-refractivity contribution in [2.24, 2.45) is 11.7 Å². The van der Waals surface area contributed by atoms with Crippen LogP contribution in [0.3, 0.4) is 0 Å². The van der Waals surface area contributed by atoms with Gasteiger partial charge in [0.1, 0.15) is 0 Å². The lowest BCUT2D eigenvalue weighted by Gasteiger charge is -2.32. The molecule has 0 aromatic heterocycles. The number of hydrogen-bond acceptors (Lipinski definition) is 2. The zero-order valence-corrected chi connectivity index (χ0v) is 8.68. The van der Waals surface area contributed by atoms with Gasteiger partial charge in [0.15, 0.2) is 0 Å². The minimum absolute atomic E-state index is 0.0396. The van der Waals surface area contributed by atoms with Gasteiger partial charge in [0.2, 0.25) is 0 Å². The van der Waals surface area contributed by atoms with E-state index < -0.39 is 12.1 Å². The third-order valence-electron chi connectivity index (χ3n) is 2.56. The van der Waals surface area contributed by atoms with Gasteiger partial charge in [-0.2, -0.15) is 13.2 Å². The summed E-state index contributed by atoms with van der Waals surface area (Å²) in [4.78, 5) is 11.8. The smallest absolute Gasteiger partial charge is 0.388 e. The monoisotopic (exact) mass is 237 g/mol. The summed E-state index contributed by atoms with van der Waals surface area (Å²) < 4.78 is 36.5. The van der Waals surface area contributed by atoms with Gasteiger partial charge in [0.25, 0.3) is 0 Å². The Morgan fingerprint density at radius 3 is 2.62 bits per heavy atom. The van der Waals surface area contributed by atoms with E-state index in [2.05, 4.69) is 0 Å². The first-order valence-corrected chi connectivity index (χ1v) is 4.99. The molecule has 1 heterocycles. The Bertz CT molecular complexity index is 290. The normalized spacial score (nSPS) is 21.9. The molecule has 1 aliphatic heterocycles. The molecule has 4 nitrogen and oxygen atoms in total. The molecule has 0 aromatic rings. The molecule has 1 rings (SSSR count). The van der Waals surface area contributed by atoms with Crippen molar-refractivity contribution in [3.63, 3.8) is 0 Å². The largest absolute Gasteiger partial charge is 0.471 e. The number of rotatable bonds is 2. The number of halogens is 3. The number of nitrogens with one attached hydrogen (secondary N) is 1. The highest BCUT2D eigenvalue weighted by atomic mass is 19.4. The highest BCUT2D eigenvalue weighted by Crippen LogP contribution is 2.24. The lowest BCUT2D eigenvalue weighted by molar-refractivity contribution is -0.187. The molecular formula is C9H14F3N3O. The van der Waals surface area contributed by atoms with Crippen LogP contribution in [0.2, 0.25) is 0 Å². The predicted molar refractivity (Wildman–Crippen MR) is 51.9 cm³/mol. The van der Waals surface area contributed by atoms with Gasteiger partial charge in [-0.25, -0.2) is 0 Å². The van der Waals surface area contributed by atoms with E-state index in [1.807, 2.05) is 0 Å². The maximum Gasteiger partial charge on any atom is 0.471 e. The first kappa shape index (κ1) is 12.8. The molecule has 3 N–H and O–H groups in total. The quantitative estimate of drug-likeness (QED) is 0.558. The number of nitrogens with two attached hydrogens (primary N) is 1. The van der Waals surface area contributed by atoms with Crippen LogP contribution in [0.4, 0.5) is 13.2 Å². The maximum absolute atomic E-state index is 12.2. The fourth-order valence-corrected chi connectivity index (χ4v) is 1.91. The average Bonchev–Trinajstić information content (AvgIpc) is 2.14. The summed E-state index contributed by atoms with van der Waals surface area (Å²) in [5, 5.41) is 7.08. The van der Waals surface area contributed by atoms with Crippen molar-refractivity contribution in [3.05, 3.63) is 0 Å². The number of amidine groups is 1. The number of alkyl halides is 3. The molecule has 0 radical (unpaired) electrons. The summed E-state index contributed by atoms with van der Waals surface area (Å²) in [6, 6.07) is 0. The van der Waals surface area contributed by atoms with E-state index in [0.29, 0.717) is 12.8 Å². The van der Waals surface area contributed by atoms with Gasteiger partial charge in [0, 0.05) is 19.5 Å². The molecule has 1 fully saturated rings. The van der Waals surface area contributed by atoms with Crippen LogP contribution in [0.5, 0.6) is 0 Å². The molecule has 0 aliphatic carbocycles. The second-order valence-electron chi connectivity index (χ2n) is 3.99. The number of piperidine rings is 1. The molecule has 16 heavy (non-hydrogen) atoms. The Balaban J connectivity index is 2.57. The van der Waals surface area contributed by atoms with Crippen LogP contribution in [0.1, 0.15) is 19.3 Å². The number of carbonyl (C=O) groups excluding carboxylic acids is 1. The third-order valence-corrected chi connectivity index (χ3v) is 2.56. The third kappa shape index (κ3) is 3.39. The first-order chi connectivity index (χ1) is 7.30. The van der Waals surface area contributed by atoms with E-state index in [1.165, 1.54) is 0 Å². The summed E-state index contributed by atoms with van der Waals surface area (Å²) in [6.45, 7) is 0.171. The predicted octanol–water partition coefficient (Wildman–Crippen LogP) is 1.11. The van der Waals surface area contributed by atoms with Crippen molar-refractivity contribution < 1.29 is 18.0 Å². The van der Waals surface area contributed by atoms with E-state index in [-0.39, 0.29) is 31.3 Å². The topological polar surface area (TPSA) is 70.2 Å². The summed E-state index contributed by atoms with van der Waals surface area (Å²) >= 11 is 0. The lowest BCUT2D eigenvalue weighted by atomic mass is 9.94. The van der Waals surface area contributed by atoms with Crippen LogP contribution in [0, 0.1) is 11.3 Å². The molecule has 1 amide bonds. The minimum Gasteiger partial charge on any atom is -0.388 e. The van der Waals surface area contributed by atoms with E-state index in [0.717, 1.165) is 4.90 Å². The van der Waals surface area contributed by atoms with Crippen LogP contribution >= 0.6 is 0 Å². The molecule has 1 atom stereocenters. The highest BCUT2D eigenvalue weighted by molar-refractivity contribution is 5.82. The van der Waals surface area contributed by atoms with Crippen LogP contribution in [0.15, 0.2) is 0 Å². The van der Waals surface area contributed by atoms with Crippen LogP contribution in [-0.2, 0) is 4.79 Å². The molecule has 0 saturated carbocycles. The van der Waals surface area contributed by atoms with Gasteiger partial charge in [-0.3, -0.25) is 10.2 Å². The van der Waals surface area contributed by atoms with Crippen molar-refractivity contribution in [1.29, 1.82) is 5.41 Å². The van der Waals surface area contributed by atoms with Crippen molar-refractivity contribution in [1.82, 2.24) is 4.90 Å². The summed E-state index contributed by atoms with van der Waals surface area (Å²) in [6.07, 6.45) is -3.32. The second kappa shape index (κ2) is 4.71. The number of amides is 1.